The molecule has 1 aliphatic rings. The van der Waals surface area contributed by atoms with Crippen molar-refractivity contribution in [2.45, 2.75) is 25.0 Å². The summed E-state index contributed by atoms with van der Waals surface area (Å²) in [6.07, 6.45) is 3.27. The average molecular weight is 401 g/mol. The van der Waals surface area contributed by atoms with E-state index >= 15 is 0 Å². The van der Waals surface area contributed by atoms with E-state index in [-0.39, 0.29) is 24.9 Å². The fourth-order valence-corrected chi connectivity index (χ4v) is 3.53. The number of nitrogens with zero attached hydrogens (tertiary/aromatic N) is 2. The molecule has 0 spiro atoms. The van der Waals surface area contributed by atoms with E-state index in [0.29, 0.717) is 11.7 Å². The maximum atomic E-state index is 12.4. The summed E-state index contributed by atoms with van der Waals surface area (Å²) in [7, 11) is 0. The summed E-state index contributed by atoms with van der Waals surface area (Å²) in [6, 6.07) is 15.9. The maximum absolute atomic E-state index is 12.4. The Bertz CT molecular complexity index is 937. The smallest absolute Gasteiger partial charge is 0.271 e. The number of benzene rings is 2. The van der Waals surface area contributed by atoms with Gasteiger partial charge in [-0.05, 0) is 47.9 Å². The summed E-state index contributed by atoms with van der Waals surface area (Å²) < 4.78 is 1.86. The van der Waals surface area contributed by atoms with Crippen LogP contribution in [-0.2, 0) is 0 Å². The number of rotatable bonds is 5. The molecule has 1 saturated heterocycles. The molecule has 2 aromatic carbocycles. The van der Waals surface area contributed by atoms with E-state index in [1.54, 1.807) is 6.07 Å². The number of nitrogens with one attached hydrogen (secondary N) is 2. The number of aliphatic hydroxyl groups is 1. The minimum atomic E-state index is -0.761. The molecule has 4 rings (SSSR count). The molecule has 3 N–H and O–H groups in total. The summed E-state index contributed by atoms with van der Waals surface area (Å²) in [5.41, 5.74) is 1.17. The van der Waals surface area contributed by atoms with E-state index < -0.39 is 6.10 Å². The summed E-state index contributed by atoms with van der Waals surface area (Å²) in [4.78, 5) is 12.4. The Kier molecular flexibility index (Phi) is 6.67. The lowest BCUT2D eigenvalue weighted by Crippen LogP contribution is -2.32. The molecule has 0 aliphatic carbocycles. The average Bonchev–Trinajstić information content (AvgIpc) is 3.22. The topological polar surface area (TPSA) is 79.2 Å². The fraction of sp³-hybridized carbons (Fsp3) is 0.333. The minimum Gasteiger partial charge on any atom is -0.387 e. The molecule has 1 fully saturated rings. The van der Waals surface area contributed by atoms with Crippen LogP contribution in [-0.4, -0.2) is 40.4 Å². The Morgan fingerprint density at radius 3 is 2.86 bits per heavy atom. The van der Waals surface area contributed by atoms with Gasteiger partial charge in [-0.25, -0.2) is 0 Å². The van der Waals surface area contributed by atoms with Gasteiger partial charge >= 0.3 is 0 Å². The number of hydrogen-bond acceptors (Lipinski definition) is 4. The van der Waals surface area contributed by atoms with Crippen molar-refractivity contribution in [1.29, 1.82) is 0 Å². The lowest BCUT2D eigenvalue weighted by atomic mass is 10.0. The molecule has 6 nitrogen and oxygen atoms in total. The predicted octanol–water partition coefficient (Wildman–Crippen LogP) is 2.85. The normalized spacial score (nSPS) is 17.7. The first-order chi connectivity index (χ1) is 13.2. The Labute approximate surface area is 170 Å². The number of carbonyl (C=O) groups is 1. The molecule has 1 amide bonds. The largest absolute Gasteiger partial charge is 0.387 e. The zero-order valence-electron chi connectivity index (χ0n) is 15.5. The number of carbonyl (C=O) groups excluding carboxylic acids is 1. The second kappa shape index (κ2) is 9.19. The summed E-state index contributed by atoms with van der Waals surface area (Å²) in [6.45, 7) is 2.07. The van der Waals surface area contributed by atoms with Crippen LogP contribution in [0.25, 0.3) is 10.8 Å². The molecular formula is C21H25ClN4O2. The summed E-state index contributed by atoms with van der Waals surface area (Å²) in [5, 5.41) is 23.2. The van der Waals surface area contributed by atoms with Gasteiger partial charge in [0.25, 0.3) is 5.91 Å². The monoisotopic (exact) mass is 400 g/mol. The summed E-state index contributed by atoms with van der Waals surface area (Å²) >= 11 is 0. The quantitative estimate of drug-likeness (QED) is 0.615. The fourth-order valence-electron chi connectivity index (χ4n) is 3.53. The van der Waals surface area contributed by atoms with Crippen LogP contribution in [0.15, 0.2) is 54.7 Å². The van der Waals surface area contributed by atoms with Crippen molar-refractivity contribution in [1.82, 2.24) is 20.4 Å². The SMILES string of the molecule is Cl.O=C(NCC(O)c1ccc2ccccc2c1)c1ccn(C2CCCNC2)n1. The lowest BCUT2D eigenvalue weighted by Gasteiger charge is -2.22. The van der Waals surface area contributed by atoms with Crippen molar-refractivity contribution < 1.29 is 9.90 Å². The van der Waals surface area contributed by atoms with Crippen molar-refractivity contribution in [2.75, 3.05) is 19.6 Å². The molecule has 3 aromatic rings. The molecule has 1 aromatic heterocycles. The molecule has 148 valence electrons. The first kappa shape index (κ1) is 20.3. The van der Waals surface area contributed by atoms with Crippen LogP contribution in [0.5, 0.6) is 0 Å². The van der Waals surface area contributed by atoms with Crippen molar-refractivity contribution in [2.24, 2.45) is 0 Å². The van der Waals surface area contributed by atoms with Gasteiger partial charge in [0.2, 0.25) is 0 Å². The number of halogens is 1. The molecule has 2 heterocycles. The number of piperidine rings is 1. The third-order valence-corrected chi connectivity index (χ3v) is 5.10. The second-order valence-corrected chi connectivity index (χ2v) is 7.01. The van der Waals surface area contributed by atoms with Gasteiger partial charge in [0.1, 0.15) is 5.69 Å². The number of aromatic nitrogens is 2. The van der Waals surface area contributed by atoms with Gasteiger partial charge in [0.15, 0.2) is 0 Å². The highest BCUT2D eigenvalue weighted by molar-refractivity contribution is 5.92. The van der Waals surface area contributed by atoms with Crippen molar-refractivity contribution in [3.05, 3.63) is 66.0 Å². The molecule has 7 heteroatoms. The highest BCUT2D eigenvalue weighted by Gasteiger charge is 2.18. The van der Waals surface area contributed by atoms with Crippen LogP contribution in [0.4, 0.5) is 0 Å². The van der Waals surface area contributed by atoms with E-state index in [9.17, 15) is 9.90 Å². The van der Waals surface area contributed by atoms with Crippen LogP contribution in [0.1, 0.15) is 41.0 Å². The number of amides is 1. The minimum absolute atomic E-state index is 0. The third kappa shape index (κ3) is 4.52. The number of hydrogen-bond donors (Lipinski definition) is 3. The molecule has 2 atom stereocenters. The lowest BCUT2D eigenvalue weighted by molar-refractivity contribution is 0.0910. The van der Waals surface area contributed by atoms with Gasteiger partial charge in [-0.15, -0.1) is 12.4 Å². The predicted molar refractivity (Wildman–Crippen MR) is 112 cm³/mol. The molecule has 28 heavy (non-hydrogen) atoms. The van der Waals surface area contributed by atoms with Crippen LogP contribution in [0, 0.1) is 0 Å². The third-order valence-electron chi connectivity index (χ3n) is 5.10. The van der Waals surface area contributed by atoms with Crippen molar-refractivity contribution in [3.63, 3.8) is 0 Å². The maximum Gasteiger partial charge on any atom is 0.271 e. The molecule has 0 bridgehead atoms. The van der Waals surface area contributed by atoms with Gasteiger partial charge in [-0.3, -0.25) is 9.48 Å². The molecular weight excluding hydrogens is 376 g/mol. The van der Waals surface area contributed by atoms with E-state index in [1.807, 2.05) is 53.3 Å². The van der Waals surface area contributed by atoms with Gasteiger partial charge in [0.05, 0.1) is 12.1 Å². The Hall–Kier alpha value is -2.41. The highest BCUT2D eigenvalue weighted by Crippen LogP contribution is 2.20. The Morgan fingerprint density at radius 2 is 2.07 bits per heavy atom. The zero-order chi connectivity index (χ0) is 18.6. The van der Waals surface area contributed by atoms with Crippen LogP contribution in [0.2, 0.25) is 0 Å². The van der Waals surface area contributed by atoms with Crippen LogP contribution in [0.3, 0.4) is 0 Å². The standard InChI is InChI=1S/C21H24N4O2.ClH/c26-20(17-8-7-15-4-1-2-5-16(15)12-17)14-23-21(27)19-9-11-25(24-19)18-6-3-10-22-13-18;/h1-2,4-5,7-9,11-12,18,20,22,26H,3,6,10,13-14H2,(H,23,27);1H. The second-order valence-electron chi connectivity index (χ2n) is 7.01. The number of aliphatic hydroxyl groups excluding tert-OH is 1. The van der Waals surface area contributed by atoms with Gasteiger partial charge in [-0.1, -0.05) is 36.4 Å². The van der Waals surface area contributed by atoms with Gasteiger partial charge < -0.3 is 15.7 Å². The number of fused-ring (bicyclic) bond motifs is 1. The van der Waals surface area contributed by atoms with Crippen LogP contribution >= 0.6 is 12.4 Å². The van der Waals surface area contributed by atoms with E-state index in [0.717, 1.165) is 42.3 Å². The molecule has 2 unspecified atom stereocenters. The first-order valence-electron chi connectivity index (χ1n) is 9.41. The van der Waals surface area contributed by atoms with E-state index in [4.69, 9.17) is 0 Å². The molecule has 0 radical (unpaired) electrons. The highest BCUT2D eigenvalue weighted by atomic mass is 35.5. The van der Waals surface area contributed by atoms with Crippen LogP contribution < -0.4 is 10.6 Å². The van der Waals surface area contributed by atoms with Crippen molar-refractivity contribution in [3.8, 4) is 0 Å². The summed E-state index contributed by atoms with van der Waals surface area (Å²) in [5.74, 6) is -0.266. The Morgan fingerprint density at radius 1 is 1.25 bits per heavy atom. The van der Waals surface area contributed by atoms with Gasteiger partial charge in [0, 0.05) is 19.3 Å². The van der Waals surface area contributed by atoms with E-state index in [1.165, 1.54) is 0 Å². The Balaban J connectivity index is 0.00000225. The molecule has 0 saturated carbocycles. The first-order valence-corrected chi connectivity index (χ1v) is 9.41. The molecule has 1 aliphatic heterocycles. The zero-order valence-corrected chi connectivity index (χ0v) is 16.4. The van der Waals surface area contributed by atoms with Crippen molar-refractivity contribution >= 4 is 29.1 Å². The van der Waals surface area contributed by atoms with E-state index in [2.05, 4.69) is 15.7 Å². The van der Waals surface area contributed by atoms with Gasteiger partial charge in [-0.2, -0.15) is 5.10 Å².